The second kappa shape index (κ2) is 6.72. The largest absolute Gasteiger partial charge is 0.321 e. The van der Waals surface area contributed by atoms with Gasteiger partial charge in [-0.25, -0.2) is 4.39 Å². The highest BCUT2D eigenvalue weighted by Crippen LogP contribution is 2.29. The first kappa shape index (κ1) is 16.5. The van der Waals surface area contributed by atoms with Gasteiger partial charge in [0.1, 0.15) is 10.6 Å². The van der Waals surface area contributed by atoms with E-state index in [0.717, 1.165) is 27.2 Å². The second-order valence-electron chi connectivity index (χ2n) is 6.02. The number of thiophene rings is 1. The molecule has 0 saturated heterocycles. The Morgan fingerprint density at radius 2 is 1.88 bits per heavy atom. The van der Waals surface area contributed by atoms with E-state index in [1.165, 1.54) is 23.5 Å². The van der Waals surface area contributed by atoms with Gasteiger partial charge in [0.05, 0.1) is 17.1 Å². The van der Waals surface area contributed by atoms with E-state index in [1.807, 2.05) is 48.0 Å². The van der Waals surface area contributed by atoms with Crippen LogP contribution in [0.25, 0.3) is 10.2 Å². The van der Waals surface area contributed by atoms with Gasteiger partial charge in [-0.1, -0.05) is 30.3 Å². The van der Waals surface area contributed by atoms with E-state index >= 15 is 0 Å². The molecule has 26 heavy (non-hydrogen) atoms. The zero-order chi connectivity index (χ0) is 18.1. The van der Waals surface area contributed by atoms with Crippen molar-refractivity contribution >= 4 is 33.1 Å². The van der Waals surface area contributed by atoms with E-state index in [1.54, 1.807) is 12.1 Å². The average Bonchev–Trinajstić information content (AvgIpc) is 3.20. The molecule has 4 rings (SSSR count). The van der Waals surface area contributed by atoms with Crippen molar-refractivity contribution in [2.24, 2.45) is 0 Å². The van der Waals surface area contributed by atoms with Crippen LogP contribution in [0.1, 0.15) is 20.9 Å². The van der Waals surface area contributed by atoms with Gasteiger partial charge >= 0.3 is 0 Å². The Bertz CT molecular complexity index is 1070. The molecule has 0 saturated carbocycles. The summed E-state index contributed by atoms with van der Waals surface area (Å²) in [7, 11) is 0. The van der Waals surface area contributed by atoms with Crippen molar-refractivity contribution in [2.45, 2.75) is 13.5 Å². The smallest absolute Gasteiger partial charge is 0.265 e. The zero-order valence-corrected chi connectivity index (χ0v) is 14.9. The van der Waals surface area contributed by atoms with Crippen LogP contribution in [0.5, 0.6) is 0 Å². The number of para-hydroxylation sites is 1. The first-order valence-corrected chi connectivity index (χ1v) is 8.99. The van der Waals surface area contributed by atoms with Crippen LogP contribution in [0, 0.1) is 12.7 Å². The predicted molar refractivity (Wildman–Crippen MR) is 102 cm³/mol. The number of benzene rings is 2. The first-order chi connectivity index (χ1) is 12.6. The number of nitrogens with one attached hydrogen (secondary N) is 1. The third-order valence-corrected chi connectivity index (χ3v) is 5.26. The molecule has 0 aliphatic rings. The SMILES string of the molecule is Cc1nn(Cc2ccc(F)cc2)c2sc(C(=O)Nc3ccccc3)cc12. The number of nitrogens with zero attached hydrogens (tertiary/aromatic N) is 2. The summed E-state index contributed by atoms with van der Waals surface area (Å²) in [6.07, 6.45) is 0. The maximum absolute atomic E-state index is 13.1. The number of aromatic nitrogens is 2. The highest BCUT2D eigenvalue weighted by atomic mass is 32.1. The molecule has 0 aliphatic heterocycles. The van der Waals surface area contributed by atoms with E-state index in [9.17, 15) is 9.18 Å². The molecule has 0 radical (unpaired) electrons. The summed E-state index contributed by atoms with van der Waals surface area (Å²) in [6.45, 7) is 2.46. The molecule has 130 valence electrons. The summed E-state index contributed by atoms with van der Waals surface area (Å²) in [6, 6.07) is 17.6. The second-order valence-corrected chi connectivity index (χ2v) is 7.05. The normalized spacial score (nSPS) is 11.0. The molecule has 4 aromatic rings. The molecule has 0 atom stereocenters. The Labute approximate surface area is 153 Å². The number of anilines is 1. The minimum absolute atomic E-state index is 0.134. The quantitative estimate of drug-likeness (QED) is 0.562. The molecular formula is C20H16FN3OS. The lowest BCUT2D eigenvalue weighted by Crippen LogP contribution is -2.09. The van der Waals surface area contributed by atoms with E-state index in [-0.39, 0.29) is 11.7 Å². The summed E-state index contributed by atoms with van der Waals surface area (Å²) >= 11 is 1.41. The van der Waals surface area contributed by atoms with Crippen LogP contribution < -0.4 is 5.32 Å². The van der Waals surface area contributed by atoms with Gasteiger partial charge in [0.15, 0.2) is 0 Å². The number of carbonyl (C=O) groups excluding carboxylic acids is 1. The highest BCUT2D eigenvalue weighted by molar-refractivity contribution is 7.20. The van der Waals surface area contributed by atoms with Crippen LogP contribution in [0.15, 0.2) is 60.7 Å². The molecule has 0 bridgehead atoms. The van der Waals surface area contributed by atoms with Gasteiger partial charge in [0, 0.05) is 11.1 Å². The summed E-state index contributed by atoms with van der Waals surface area (Å²) in [5, 5.41) is 8.43. The number of aryl methyl sites for hydroxylation is 1. The predicted octanol–water partition coefficient (Wildman–Crippen LogP) is 4.85. The summed E-state index contributed by atoms with van der Waals surface area (Å²) in [4.78, 5) is 14.1. The first-order valence-electron chi connectivity index (χ1n) is 8.18. The summed E-state index contributed by atoms with van der Waals surface area (Å²) < 4.78 is 15.0. The van der Waals surface area contributed by atoms with Crippen LogP contribution in [0.4, 0.5) is 10.1 Å². The third-order valence-electron chi connectivity index (χ3n) is 4.11. The van der Waals surface area contributed by atoms with Crippen molar-refractivity contribution < 1.29 is 9.18 Å². The monoisotopic (exact) mass is 365 g/mol. The molecule has 4 nitrogen and oxygen atoms in total. The number of hydrogen-bond acceptors (Lipinski definition) is 3. The average molecular weight is 365 g/mol. The number of amides is 1. The van der Waals surface area contributed by atoms with Crippen molar-refractivity contribution in [3.63, 3.8) is 0 Å². The van der Waals surface area contributed by atoms with E-state index < -0.39 is 0 Å². The molecule has 0 aliphatic carbocycles. The molecule has 2 aromatic carbocycles. The molecule has 2 aromatic heterocycles. The number of carbonyl (C=O) groups is 1. The molecule has 0 fully saturated rings. The van der Waals surface area contributed by atoms with Crippen molar-refractivity contribution in [1.82, 2.24) is 9.78 Å². The molecule has 1 amide bonds. The molecular weight excluding hydrogens is 349 g/mol. The van der Waals surface area contributed by atoms with Crippen molar-refractivity contribution in [3.8, 4) is 0 Å². The molecule has 6 heteroatoms. The molecule has 2 heterocycles. The lowest BCUT2D eigenvalue weighted by atomic mass is 10.2. The van der Waals surface area contributed by atoms with Gasteiger partial charge in [-0.15, -0.1) is 11.3 Å². The van der Waals surface area contributed by atoms with E-state index in [2.05, 4.69) is 10.4 Å². The fourth-order valence-electron chi connectivity index (χ4n) is 2.81. The van der Waals surface area contributed by atoms with E-state index in [4.69, 9.17) is 0 Å². The number of rotatable bonds is 4. The third kappa shape index (κ3) is 3.23. The number of fused-ring (bicyclic) bond motifs is 1. The Morgan fingerprint density at radius 3 is 2.62 bits per heavy atom. The lowest BCUT2D eigenvalue weighted by Gasteiger charge is -2.04. The topological polar surface area (TPSA) is 46.9 Å². The zero-order valence-electron chi connectivity index (χ0n) is 14.1. The fraction of sp³-hybridized carbons (Fsp3) is 0.100. The number of halogens is 1. The molecule has 0 unspecified atom stereocenters. The Morgan fingerprint density at radius 1 is 1.15 bits per heavy atom. The van der Waals surface area contributed by atoms with Gasteiger partial charge in [0.25, 0.3) is 5.91 Å². The Hall–Kier alpha value is -2.99. The van der Waals surface area contributed by atoms with Crippen molar-refractivity contribution in [2.75, 3.05) is 5.32 Å². The van der Waals surface area contributed by atoms with Crippen LogP contribution in [-0.4, -0.2) is 15.7 Å². The number of hydrogen-bond donors (Lipinski definition) is 1. The Balaban J connectivity index is 1.62. The standard InChI is InChI=1S/C20H16FN3OS/c1-13-17-11-18(19(25)22-16-5-3-2-4-6-16)26-20(17)24(23-13)12-14-7-9-15(21)10-8-14/h2-11H,12H2,1H3,(H,22,25). The minimum Gasteiger partial charge on any atom is -0.321 e. The lowest BCUT2D eigenvalue weighted by molar-refractivity contribution is 0.103. The highest BCUT2D eigenvalue weighted by Gasteiger charge is 2.16. The summed E-state index contributed by atoms with van der Waals surface area (Å²) in [5.74, 6) is -0.392. The van der Waals surface area contributed by atoms with Gasteiger partial charge in [-0.2, -0.15) is 5.10 Å². The van der Waals surface area contributed by atoms with Crippen LogP contribution in [0.2, 0.25) is 0 Å². The van der Waals surface area contributed by atoms with Gasteiger partial charge in [-0.05, 0) is 42.8 Å². The molecule has 0 spiro atoms. The van der Waals surface area contributed by atoms with Gasteiger partial charge in [-0.3, -0.25) is 9.48 Å². The van der Waals surface area contributed by atoms with Crippen molar-refractivity contribution in [1.29, 1.82) is 0 Å². The maximum atomic E-state index is 13.1. The maximum Gasteiger partial charge on any atom is 0.265 e. The Kier molecular flexibility index (Phi) is 4.26. The van der Waals surface area contributed by atoms with Crippen LogP contribution >= 0.6 is 11.3 Å². The minimum atomic E-state index is -0.258. The molecule has 1 N–H and O–H groups in total. The van der Waals surface area contributed by atoms with Crippen LogP contribution in [-0.2, 0) is 6.54 Å². The van der Waals surface area contributed by atoms with Crippen LogP contribution in [0.3, 0.4) is 0 Å². The fourth-order valence-corrected chi connectivity index (χ4v) is 3.86. The van der Waals surface area contributed by atoms with Gasteiger partial charge in [0.2, 0.25) is 0 Å². The van der Waals surface area contributed by atoms with Gasteiger partial charge < -0.3 is 5.32 Å². The van der Waals surface area contributed by atoms with Crippen molar-refractivity contribution in [3.05, 3.63) is 82.6 Å². The van der Waals surface area contributed by atoms with E-state index in [0.29, 0.717) is 11.4 Å². The summed E-state index contributed by atoms with van der Waals surface area (Å²) in [5.41, 5.74) is 2.59.